The predicted octanol–water partition coefficient (Wildman–Crippen LogP) is 2.28. The molecule has 0 heterocycles. The molecule has 1 rings (SSSR count). The number of hydrogen-bond donors (Lipinski definition) is 0. The maximum Gasteiger partial charge on any atom is 0.123 e. The van der Waals surface area contributed by atoms with Crippen molar-refractivity contribution in [3.05, 3.63) is 35.6 Å². The van der Waals surface area contributed by atoms with Crippen LogP contribution in [-0.2, 0) is 6.54 Å². The van der Waals surface area contributed by atoms with Crippen LogP contribution in [0.5, 0.6) is 0 Å². The fraction of sp³-hybridized carbons (Fsp3) is 0.400. The summed E-state index contributed by atoms with van der Waals surface area (Å²) in [5, 5.41) is 0. The summed E-state index contributed by atoms with van der Waals surface area (Å²) >= 11 is 0. The molecular weight excluding hydrogens is 153 g/mol. The number of rotatable bonds is 3. The van der Waals surface area contributed by atoms with Crippen LogP contribution in [0.3, 0.4) is 0 Å². The van der Waals surface area contributed by atoms with Crippen molar-refractivity contribution in [2.24, 2.45) is 0 Å². The lowest BCUT2D eigenvalue weighted by atomic mass is 10.2. The fourth-order valence-corrected chi connectivity index (χ4v) is 1.06. The first-order valence-electron chi connectivity index (χ1n) is 4.15. The Morgan fingerprint density at radius 3 is 2.75 bits per heavy atom. The Kier molecular flexibility index (Phi) is 3.23. The van der Waals surface area contributed by atoms with E-state index in [-0.39, 0.29) is 5.82 Å². The fourth-order valence-electron chi connectivity index (χ4n) is 1.06. The average Bonchev–Trinajstić information content (AvgIpc) is 2.04. The Morgan fingerprint density at radius 2 is 2.17 bits per heavy atom. The van der Waals surface area contributed by atoms with E-state index in [1.807, 2.05) is 13.1 Å². The normalized spacial score (nSPS) is 10.7. The van der Waals surface area contributed by atoms with Gasteiger partial charge in [-0.05, 0) is 31.3 Å². The van der Waals surface area contributed by atoms with Crippen LogP contribution in [0.1, 0.15) is 12.5 Å². The third-order valence-electron chi connectivity index (χ3n) is 1.88. The van der Waals surface area contributed by atoms with Crippen molar-refractivity contribution >= 4 is 0 Å². The van der Waals surface area contributed by atoms with Gasteiger partial charge in [0.1, 0.15) is 5.82 Å². The molecule has 0 amide bonds. The van der Waals surface area contributed by atoms with Gasteiger partial charge >= 0.3 is 0 Å². The third-order valence-corrected chi connectivity index (χ3v) is 1.88. The van der Waals surface area contributed by atoms with Crippen molar-refractivity contribution in [3.63, 3.8) is 0 Å². The first-order chi connectivity index (χ1) is 5.72. The highest BCUT2D eigenvalue weighted by Crippen LogP contribution is 2.05. The molecular formula is C10H14FN. The largest absolute Gasteiger partial charge is 0.302 e. The van der Waals surface area contributed by atoms with E-state index in [1.165, 1.54) is 6.07 Å². The van der Waals surface area contributed by atoms with Crippen molar-refractivity contribution in [3.8, 4) is 0 Å². The lowest BCUT2D eigenvalue weighted by molar-refractivity contribution is 0.345. The van der Waals surface area contributed by atoms with Crippen molar-refractivity contribution in [1.29, 1.82) is 0 Å². The highest BCUT2D eigenvalue weighted by atomic mass is 19.1. The van der Waals surface area contributed by atoms with E-state index in [0.29, 0.717) is 0 Å². The van der Waals surface area contributed by atoms with E-state index in [9.17, 15) is 4.39 Å². The first kappa shape index (κ1) is 9.20. The van der Waals surface area contributed by atoms with E-state index < -0.39 is 0 Å². The van der Waals surface area contributed by atoms with E-state index in [2.05, 4.69) is 11.8 Å². The van der Waals surface area contributed by atoms with Crippen molar-refractivity contribution in [1.82, 2.24) is 4.90 Å². The average molecular weight is 167 g/mol. The Labute approximate surface area is 72.8 Å². The molecule has 66 valence electrons. The Morgan fingerprint density at radius 1 is 1.42 bits per heavy atom. The van der Waals surface area contributed by atoms with Gasteiger partial charge in [0.2, 0.25) is 0 Å². The molecule has 0 saturated carbocycles. The quantitative estimate of drug-likeness (QED) is 0.667. The molecule has 0 bridgehead atoms. The number of hydrogen-bond acceptors (Lipinski definition) is 1. The minimum absolute atomic E-state index is 0.156. The molecule has 1 aromatic carbocycles. The molecule has 0 aliphatic rings. The summed E-state index contributed by atoms with van der Waals surface area (Å²) in [5.74, 6) is -0.156. The van der Waals surface area contributed by atoms with Gasteiger partial charge in [-0.25, -0.2) is 4.39 Å². The van der Waals surface area contributed by atoms with E-state index >= 15 is 0 Å². The molecule has 0 N–H and O–H groups in total. The second-order valence-electron chi connectivity index (χ2n) is 2.96. The van der Waals surface area contributed by atoms with E-state index in [1.54, 1.807) is 12.1 Å². The summed E-state index contributed by atoms with van der Waals surface area (Å²) in [6.07, 6.45) is 0. The van der Waals surface area contributed by atoms with Crippen molar-refractivity contribution < 1.29 is 4.39 Å². The molecule has 0 aliphatic carbocycles. The van der Waals surface area contributed by atoms with Gasteiger partial charge in [0.05, 0.1) is 0 Å². The van der Waals surface area contributed by atoms with Crippen LogP contribution in [0.15, 0.2) is 24.3 Å². The minimum atomic E-state index is -0.156. The van der Waals surface area contributed by atoms with Crippen LogP contribution in [0.25, 0.3) is 0 Å². The molecule has 0 radical (unpaired) electrons. The smallest absolute Gasteiger partial charge is 0.123 e. The molecule has 1 aromatic rings. The zero-order chi connectivity index (χ0) is 8.97. The van der Waals surface area contributed by atoms with Crippen LogP contribution < -0.4 is 0 Å². The van der Waals surface area contributed by atoms with Crippen LogP contribution in [-0.4, -0.2) is 18.5 Å². The highest BCUT2D eigenvalue weighted by molar-refractivity contribution is 5.15. The Bertz CT molecular complexity index is 247. The SMILES string of the molecule is CCN(C)Cc1cccc(F)c1. The number of benzene rings is 1. The summed E-state index contributed by atoms with van der Waals surface area (Å²) in [4.78, 5) is 2.13. The minimum Gasteiger partial charge on any atom is -0.302 e. The molecule has 0 aromatic heterocycles. The molecule has 12 heavy (non-hydrogen) atoms. The Hall–Kier alpha value is -0.890. The topological polar surface area (TPSA) is 3.24 Å². The third kappa shape index (κ3) is 2.62. The van der Waals surface area contributed by atoms with Crippen LogP contribution in [0.2, 0.25) is 0 Å². The van der Waals surface area contributed by atoms with Gasteiger partial charge in [0.15, 0.2) is 0 Å². The molecule has 0 aliphatic heterocycles. The lowest BCUT2D eigenvalue weighted by Crippen LogP contribution is -2.16. The van der Waals surface area contributed by atoms with Crippen LogP contribution >= 0.6 is 0 Å². The summed E-state index contributed by atoms with van der Waals surface area (Å²) in [7, 11) is 2.02. The lowest BCUT2D eigenvalue weighted by Gasteiger charge is -2.13. The summed E-state index contributed by atoms with van der Waals surface area (Å²) in [6.45, 7) is 3.88. The summed E-state index contributed by atoms with van der Waals surface area (Å²) in [6, 6.07) is 6.73. The zero-order valence-corrected chi connectivity index (χ0v) is 7.55. The van der Waals surface area contributed by atoms with Gasteiger partial charge in [-0.15, -0.1) is 0 Å². The van der Waals surface area contributed by atoms with Gasteiger partial charge in [-0.1, -0.05) is 19.1 Å². The molecule has 1 nitrogen and oxygen atoms in total. The maximum absolute atomic E-state index is 12.7. The van der Waals surface area contributed by atoms with Gasteiger partial charge in [0.25, 0.3) is 0 Å². The van der Waals surface area contributed by atoms with Crippen LogP contribution in [0.4, 0.5) is 4.39 Å². The second-order valence-corrected chi connectivity index (χ2v) is 2.96. The second kappa shape index (κ2) is 4.21. The maximum atomic E-state index is 12.7. The molecule has 0 atom stereocenters. The van der Waals surface area contributed by atoms with E-state index in [0.717, 1.165) is 18.7 Å². The van der Waals surface area contributed by atoms with Crippen molar-refractivity contribution in [2.45, 2.75) is 13.5 Å². The van der Waals surface area contributed by atoms with Gasteiger partial charge in [-0.2, -0.15) is 0 Å². The molecule has 2 heteroatoms. The molecule has 0 spiro atoms. The van der Waals surface area contributed by atoms with Crippen molar-refractivity contribution in [2.75, 3.05) is 13.6 Å². The number of nitrogens with zero attached hydrogens (tertiary/aromatic N) is 1. The standard InChI is InChI=1S/C10H14FN/c1-3-12(2)8-9-5-4-6-10(11)7-9/h4-7H,3,8H2,1-2H3. The molecule has 0 saturated heterocycles. The Balaban J connectivity index is 2.63. The first-order valence-corrected chi connectivity index (χ1v) is 4.15. The van der Waals surface area contributed by atoms with E-state index in [4.69, 9.17) is 0 Å². The highest BCUT2D eigenvalue weighted by Gasteiger charge is 1.97. The van der Waals surface area contributed by atoms with Gasteiger partial charge in [-0.3, -0.25) is 0 Å². The summed E-state index contributed by atoms with van der Waals surface area (Å²) in [5.41, 5.74) is 1.03. The van der Waals surface area contributed by atoms with Gasteiger partial charge in [0, 0.05) is 6.54 Å². The summed E-state index contributed by atoms with van der Waals surface area (Å²) < 4.78 is 12.7. The molecule has 0 unspecified atom stereocenters. The van der Waals surface area contributed by atoms with Gasteiger partial charge < -0.3 is 4.90 Å². The molecule has 0 fully saturated rings. The predicted molar refractivity (Wildman–Crippen MR) is 48.4 cm³/mol. The number of halogens is 1. The van der Waals surface area contributed by atoms with Crippen LogP contribution in [0, 0.1) is 5.82 Å². The zero-order valence-electron chi connectivity index (χ0n) is 7.55. The monoisotopic (exact) mass is 167 g/mol.